The number of halogens is 1. The van der Waals surface area contributed by atoms with E-state index in [2.05, 4.69) is 4.18 Å². The van der Waals surface area contributed by atoms with E-state index in [0.717, 1.165) is 5.56 Å². The van der Waals surface area contributed by atoms with Gasteiger partial charge in [0.05, 0.1) is 5.02 Å². The van der Waals surface area contributed by atoms with Crippen LogP contribution in [0.3, 0.4) is 0 Å². The van der Waals surface area contributed by atoms with Gasteiger partial charge in [0.15, 0.2) is 5.75 Å². The summed E-state index contributed by atoms with van der Waals surface area (Å²) in [4.78, 5) is 0. The molecular formula is C7H7ClO4S. The standard InChI is InChI=1S/C7H7ClO4S/c1-5-2-3-6(8)7(4-5)12-13(9,10)11/h2-4H,1H3,(H,9,10,11). The third kappa shape index (κ3) is 3.22. The molecule has 1 aromatic carbocycles. The largest absolute Gasteiger partial charge is 0.446 e. The van der Waals surface area contributed by atoms with Gasteiger partial charge in [0.2, 0.25) is 0 Å². The smallest absolute Gasteiger partial charge is 0.360 e. The van der Waals surface area contributed by atoms with Gasteiger partial charge in [0.25, 0.3) is 0 Å². The lowest BCUT2D eigenvalue weighted by atomic mass is 10.2. The Hall–Kier alpha value is -0.780. The van der Waals surface area contributed by atoms with Gasteiger partial charge < -0.3 is 4.18 Å². The average Bonchev–Trinajstić information content (AvgIpc) is 1.94. The maximum atomic E-state index is 10.3. The first-order valence-corrected chi connectivity index (χ1v) is 5.06. The van der Waals surface area contributed by atoms with E-state index in [4.69, 9.17) is 16.2 Å². The number of hydrogen-bond donors (Lipinski definition) is 1. The van der Waals surface area contributed by atoms with Crippen LogP contribution in [0.1, 0.15) is 5.56 Å². The maximum Gasteiger partial charge on any atom is 0.446 e. The van der Waals surface area contributed by atoms with E-state index in [1.807, 2.05) is 0 Å². The summed E-state index contributed by atoms with van der Waals surface area (Å²) in [6.07, 6.45) is 0. The van der Waals surface area contributed by atoms with Crippen LogP contribution in [0.15, 0.2) is 18.2 Å². The van der Waals surface area contributed by atoms with Crippen molar-refractivity contribution in [2.45, 2.75) is 6.92 Å². The molecule has 0 aliphatic rings. The summed E-state index contributed by atoms with van der Waals surface area (Å²) >= 11 is 5.60. The Morgan fingerprint density at radius 2 is 2.08 bits per heavy atom. The van der Waals surface area contributed by atoms with Gasteiger partial charge >= 0.3 is 10.4 Å². The summed E-state index contributed by atoms with van der Waals surface area (Å²) in [5, 5.41) is 0.128. The van der Waals surface area contributed by atoms with E-state index in [1.165, 1.54) is 12.1 Å². The van der Waals surface area contributed by atoms with Crippen LogP contribution in [0.4, 0.5) is 0 Å². The van der Waals surface area contributed by atoms with E-state index < -0.39 is 10.4 Å². The SMILES string of the molecule is Cc1ccc(Cl)c(OS(=O)(=O)O)c1. The maximum absolute atomic E-state index is 10.3. The highest BCUT2D eigenvalue weighted by Gasteiger charge is 2.10. The molecule has 1 aromatic rings. The quantitative estimate of drug-likeness (QED) is 0.776. The Bertz CT molecular complexity index is 413. The fraction of sp³-hybridized carbons (Fsp3) is 0.143. The fourth-order valence-electron chi connectivity index (χ4n) is 0.788. The fourth-order valence-corrected chi connectivity index (χ4v) is 1.35. The molecule has 1 rings (SSSR count). The van der Waals surface area contributed by atoms with Crippen LogP contribution >= 0.6 is 11.6 Å². The Morgan fingerprint density at radius 1 is 1.46 bits per heavy atom. The Balaban J connectivity index is 3.08. The molecule has 6 heteroatoms. The molecule has 0 radical (unpaired) electrons. The van der Waals surface area contributed by atoms with Crippen molar-refractivity contribution >= 4 is 22.0 Å². The first-order chi connectivity index (χ1) is 5.88. The molecule has 0 amide bonds. The van der Waals surface area contributed by atoms with E-state index in [1.54, 1.807) is 13.0 Å². The van der Waals surface area contributed by atoms with Gasteiger partial charge in [-0.1, -0.05) is 17.7 Å². The molecule has 72 valence electrons. The summed E-state index contributed by atoms with van der Waals surface area (Å²) in [6, 6.07) is 4.59. The van der Waals surface area contributed by atoms with E-state index >= 15 is 0 Å². The van der Waals surface area contributed by atoms with Crippen molar-refractivity contribution < 1.29 is 17.2 Å². The van der Waals surface area contributed by atoms with Gasteiger partial charge in [-0.3, -0.25) is 4.55 Å². The third-order valence-corrected chi connectivity index (χ3v) is 1.98. The van der Waals surface area contributed by atoms with E-state index in [9.17, 15) is 8.42 Å². The van der Waals surface area contributed by atoms with Crippen molar-refractivity contribution in [1.29, 1.82) is 0 Å². The van der Waals surface area contributed by atoms with Gasteiger partial charge in [0.1, 0.15) is 0 Å². The molecule has 0 aliphatic carbocycles. The van der Waals surface area contributed by atoms with Crippen molar-refractivity contribution in [2.24, 2.45) is 0 Å². The second kappa shape index (κ2) is 3.53. The number of hydrogen-bond acceptors (Lipinski definition) is 3. The topological polar surface area (TPSA) is 63.6 Å². The minimum atomic E-state index is -4.50. The van der Waals surface area contributed by atoms with Gasteiger partial charge in [0, 0.05) is 0 Å². The van der Waals surface area contributed by atoms with Gasteiger partial charge in [-0.25, -0.2) is 0 Å². The number of aryl methyl sites for hydroxylation is 1. The molecule has 0 saturated heterocycles. The molecule has 13 heavy (non-hydrogen) atoms. The summed E-state index contributed by atoms with van der Waals surface area (Å²) in [5.74, 6) is -0.0795. The molecule has 0 atom stereocenters. The zero-order chi connectivity index (χ0) is 10.1. The Kier molecular flexibility index (Phi) is 2.80. The predicted octanol–water partition coefficient (Wildman–Crippen LogP) is 1.83. The normalized spacial score (nSPS) is 11.3. The van der Waals surface area contributed by atoms with Crippen LogP contribution in [0.25, 0.3) is 0 Å². The second-order valence-corrected chi connectivity index (χ2v) is 3.87. The molecule has 0 unspecified atom stereocenters. The Labute approximate surface area is 81.1 Å². The highest BCUT2D eigenvalue weighted by Crippen LogP contribution is 2.26. The summed E-state index contributed by atoms with van der Waals surface area (Å²) in [5.41, 5.74) is 0.781. The summed E-state index contributed by atoms with van der Waals surface area (Å²) in [7, 11) is -4.50. The number of benzene rings is 1. The molecule has 0 aromatic heterocycles. The summed E-state index contributed by atoms with van der Waals surface area (Å²) in [6.45, 7) is 1.74. The highest BCUT2D eigenvalue weighted by molar-refractivity contribution is 7.81. The molecule has 0 spiro atoms. The molecule has 0 saturated carbocycles. The first-order valence-electron chi connectivity index (χ1n) is 3.31. The van der Waals surface area contributed by atoms with Gasteiger partial charge in [-0.15, -0.1) is 0 Å². The van der Waals surface area contributed by atoms with Crippen molar-refractivity contribution in [2.75, 3.05) is 0 Å². The summed E-state index contributed by atoms with van der Waals surface area (Å²) < 4.78 is 33.3. The van der Waals surface area contributed by atoms with Crippen molar-refractivity contribution in [3.05, 3.63) is 28.8 Å². The molecule has 4 nitrogen and oxygen atoms in total. The molecule has 0 aliphatic heterocycles. The highest BCUT2D eigenvalue weighted by atomic mass is 35.5. The zero-order valence-corrected chi connectivity index (χ0v) is 8.26. The van der Waals surface area contributed by atoms with Crippen molar-refractivity contribution in [3.8, 4) is 5.75 Å². The van der Waals surface area contributed by atoms with Crippen molar-refractivity contribution in [1.82, 2.24) is 0 Å². The second-order valence-electron chi connectivity index (χ2n) is 2.44. The van der Waals surface area contributed by atoms with E-state index in [0.29, 0.717) is 0 Å². The van der Waals surface area contributed by atoms with E-state index in [-0.39, 0.29) is 10.8 Å². The van der Waals surface area contributed by atoms with Crippen LogP contribution in [0, 0.1) is 6.92 Å². The lowest BCUT2D eigenvalue weighted by Gasteiger charge is -2.03. The molecule has 0 heterocycles. The van der Waals surface area contributed by atoms with Crippen LogP contribution in [0.2, 0.25) is 5.02 Å². The first kappa shape index (κ1) is 10.3. The molecule has 0 fully saturated rings. The van der Waals surface area contributed by atoms with Crippen LogP contribution < -0.4 is 4.18 Å². The van der Waals surface area contributed by atoms with Crippen molar-refractivity contribution in [3.63, 3.8) is 0 Å². The van der Waals surface area contributed by atoms with Gasteiger partial charge in [-0.05, 0) is 24.6 Å². The average molecular weight is 223 g/mol. The molecular weight excluding hydrogens is 216 g/mol. The zero-order valence-electron chi connectivity index (χ0n) is 6.69. The van der Waals surface area contributed by atoms with Crippen LogP contribution in [0.5, 0.6) is 5.75 Å². The van der Waals surface area contributed by atoms with Gasteiger partial charge in [-0.2, -0.15) is 8.42 Å². The monoisotopic (exact) mass is 222 g/mol. The van der Waals surface area contributed by atoms with Crippen LogP contribution in [-0.2, 0) is 10.4 Å². The third-order valence-electron chi connectivity index (χ3n) is 1.28. The minimum Gasteiger partial charge on any atom is -0.360 e. The lowest BCUT2D eigenvalue weighted by molar-refractivity contribution is 0.387. The minimum absolute atomic E-state index is 0.0795. The molecule has 0 bridgehead atoms. The lowest BCUT2D eigenvalue weighted by Crippen LogP contribution is -2.06. The van der Waals surface area contributed by atoms with Crippen LogP contribution in [-0.4, -0.2) is 13.0 Å². The Morgan fingerprint density at radius 3 is 2.62 bits per heavy atom. The number of rotatable bonds is 2. The molecule has 1 N–H and O–H groups in total. The predicted molar refractivity (Wildman–Crippen MR) is 48.4 cm³/mol.